The van der Waals surface area contributed by atoms with Gasteiger partial charge in [0.2, 0.25) is 5.13 Å². The number of hydrogen-bond donors (Lipinski definition) is 1. The molecule has 128 valence electrons. The molecule has 1 heterocycles. The summed E-state index contributed by atoms with van der Waals surface area (Å²) in [4.78, 5) is 11.2. The molecule has 3 aromatic rings. The predicted octanol–water partition coefficient (Wildman–Crippen LogP) is 4.13. The van der Waals surface area contributed by atoms with Gasteiger partial charge in [0.05, 0.1) is 0 Å². The minimum atomic E-state index is -0.339. The van der Waals surface area contributed by atoms with E-state index in [4.69, 9.17) is 4.74 Å². The predicted molar refractivity (Wildman–Crippen MR) is 94.8 cm³/mol. The van der Waals surface area contributed by atoms with Crippen LogP contribution in [0.3, 0.4) is 0 Å². The Morgan fingerprint density at radius 1 is 1.12 bits per heavy atom. The topological polar surface area (TPSA) is 64.1 Å². The van der Waals surface area contributed by atoms with E-state index in [1.807, 2.05) is 18.2 Å². The van der Waals surface area contributed by atoms with E-state index in [-0.39, 0.29) is 11.8 Å². The van der Waals surface area contributed by atoms with Crippen molar-refractivity contribution < 1.29 is 13.9 Å². The smallest absolute Gasteiger partial charge is 0.308 e. The van der Waals surface area contributed by atoms with Gasteiger partial charge in [0, 0.05) is 19.0 Å². The molecule has 0 aliphatic heterocycles. The largest absolute Gasteiger partial charge is 0.426 e. The number of rotatable bonds is 6. The van der Waals surface area contributed by atoms with E-state index in [9.17, 15) is 9.18 Å². The van der Waals surface area contributed by atoms with Crippen molar-refractivity contribution in [1.82, 2.24) is 10.2 Å². The standard InChI is InChI=1S/C18H16FN3O2S/c1-12(23)24-16-5-3-2-4-13(16)6-11-17-21-22-18(25-17)20-15-9-7-14(19)8-10-15/h2-5,7-10H,6,11H2,1H3,(H,20,22). The van der Waals surface area contributed by atoms with Crippen LogP contribution in [0.2, 0.25) is 0 Å². The van der Waals surface area contributed by atoms with Crippen molar-refractivity contribution in [3.05, 3.63) is 64.9 Å². The lowest BCUT2D eigenvalue weighted by atomic mass is 10.1. The summed E-state index contributed by atoms with van der Waals surface area (Å²) in [6, 6.07) is 13.5. The highest BCUT2D eigenvalue weighted by Gasteiger charge is 2.09. The van der Waals surface area contributed by atoms with E-state index >= 15 is 0 Å². The molecule has 0 bridgehead atoms. The zero-order valence-corrected chi connectivity index (χ0v) is 14.3. The zero-order chi connectivity index (χ0) is 17.6. The van der Waals surface area contributed by atoms with Crippen molar-refractivity contribution in [1.29, 1.82) is 0 Å². The van der Waals surface area contributed by atoms with Gasteiger partial charge in [-0.1, -0.05) is 29.5 Å². The van der Waals surface area contributed by atoms with Gasteiger partial charge in [-0.05, 0) is 42.3 Å². The minimum absolute atomic E-state index is 0.282. The second kappa shape index (κ2) is 7.85. The van der Waals surface area contributed by atoms with Crippen molar-refractivity contribution in [2.75, 3.05) is 5.32 Å². The van der Waals surface area contributed by atoms with Crippen molar-refractivity contribution in [2.24, 2.45) is 0 Å². The van der Waals surface area contributed by atoms with E-state index in [1.54, 1.807) is 18.2 Å². The number of nitrogens with zero attached hydrogens (tertiary/aromatic N) is 2. The van der Waals surface area contributed by atoms with E-state index in [0.717, 1.165) is 16.3 Å². The maximum absolute atomic E-state index is 12.9. The third-order valence-electron chi connectivity index (χ3n) is 3.40. The lowest BCUT2D eigenvalue weighted by Crippen LogP contribution is -2.04. The van der Waals surface area contributed by atoms with Gasteiger partial charge in [0.15, 0.2) is 0 Å². The number of halogens is 1. The van der Waals surface area contributed by atoms with Crippen LogP contribution in [-0.4, -0.2) is 16.2 Å². The van der Waals surface area contributed by atoms with Crippen LogP contribution in [0.4, 0.5) is 15.2 Å². The number of nitrogens with one attached hydrogen (secondary N) is 1. The first kappa shape index (κ1) is 17.0. The Balaban J connectivity index is 1.62. The Hall–Kier alpha value is -2.80. The summed E-state index contributed by atoms with van der Waals surface area (Å²) in [6.07, 6.45) is 1.37. The molecule has 25 heavy (non-hydrogen) atoms. The van der Waals surface area contributed by atoms with Gasteiger partial charge >= 0.3 is 5.97 Å². The molecule has 5 nitrogen and oxygen atoms in total. The normalized spacial score (nSPS) is 10.5. The summed E-state index contributed by atoms with van der Waals surface area (Å²) in [6.45, 7) is 1.38. The molecule has 0 fully saturated rings. The quantitative estimate of drug-likeness (QED) is 0.531. The summed E-state index contributed by atoms with van der Waals surface area (Å²) in [5.74, 6) is -0.0479. The first-order chi connectivity index (χ1) is 12.1. The van der Waals surface area contributed by atoms with E-state index in [0.29, 0.717) is 23.7 Å². The van der Waals surface area contributed by atoms with Gasteiger partial charge < -0.3 is 10.1 Å². The fraction of sp³-hybridized carbons (Fsp3) is 0.167. The Bertz CT molecular complexity index is 865. The van der Waals surface area contributed by atoms with E-state index < -0.39 is 0 Å². The highest BCUT2D eigenvalue weighted by Crippen LogP contribution is 2.24. The van der Waals surface area contributed by atoms with E-state index in [2.05, 4.69) is 15.5 Å². The number of ether oxygens (including phenoxy) is 1. The minimum Gasteiger partial charge on any atom is -0.426 e. The van der Waals surface area contributed by atoms with Crippen LogP contribution in [0.5, 0.6) is 5.75 Å². The van der Waals surface area contributed by atoms with Crippen molar-refractivity contribution in [3.8, 4) is 5.75 Å². The fourth-order valence-corrected chi connectivity index (χ4v) is 3.03. The monoisotopic (exact) mass is 357 g/mol. The van der Waals surface area contributed by atoms with Gasteiger partial charge in [-0.15, -0.1) is 10.2 Å². The molecule has 0 radical (unpaired) electrons. The average molecular weight is 357 g/mol. The molecular weight excluding hydrogens is 341 g/mol. The molecule has 0 aliphatic rings. The lowest BCUT2D eigenvalue weighted by molar-refractivity contribution is -0.131. The number of carbonyl (C=O) groups is 1. The van der Waals surface area contributed by atoms with Gasteiger partial charge in [-0.2, -0.15) is 0 Å². The SMILES string of the molecule is CC(=O)Oc1ccccc1CCc1nnc(Nc2ccc(F)cc2)s1. The first-order valence-electron chi connectivity index (χ1n) is 7.71. The number of hydrogen-bond acceptors (Lipinski definition) is 6. The van der Waals surface area contributed by atoms with Crippen LogP contribution in [0.1, 0.15) is 17.5 Å². The second-order valence-electron chi connectivity index (χ2n) is 5.33. The van der Waals surface area contributed by atoms with Crippen molar-refractivity contribution >= 4 is 28.1 Å². The maximum atomic E-state index is 12.9. The number of esters is 1. The third-order valence-corrected chi connectivity index (χ3v) is 4.30. The molecule has 7 heteroatoms. The zero-order valence-electron chi connectivity index (χ0n) is 13.5. The maximum Gasteiger partial charge on any atom is 0.308 e. The first-order valence-corrected chi connectivity index (χ1v) is 8.53. The number of anilines is 2. The summed E-state index contributed by atoms with van der Waals surface area (Å²) < 4.78 is 18.1. The Labute approximate surface area is 148 Å². The van der Waals surface area contributed by atoms with Gasteiger partial charge in [0.25, 0.3) is 0 Å². The Morgan fingerprint density at radius 3 is 2.64 bits per heavy atom. The van der Waals surface area contributed by atoms with Gasteiger partial charge in [0.1, 0.15) is 16.6 Å². The van der Waals surface area contributed by atoms with E-state index in [1.165, 1.54) is 30.4 Å². The molecule has 0 amide bonds. The molecule has 0 aliphatic carbocycles. The summed E-state index contributed by atoms with van der Waals surface area (Å²) >= 11 is 1.44. The lowest BCUT2D eigenvalue weighted by Gasteiger charge is -2.07. The van der Waals surface area contributed by atoms with Crippen LogP contribution in [-0.2, 0) is 17.6 Å². The summed E-state index contributed by atoms with van der Waals surface area (Å²) in [5, 5.41) is 12.9. The van der Waals surface area contributed by atoms with Crippen LogP contribution in [0.15, 0.2) is 48.5 Å². The molecule has 1 aromatic heterocycles. The van der Waals surface area contributed by atoms with Crippen LogP contribution < -0.4 is 10.1 Å². The van der Waals surface area contributed by atoms with Crippen LogP contribution >= 0.6 is 11.3 Å². The van der Waals surface area contributed by atoms with Crippen LogP contribution in [0, 0.1) is 5.82 Å². The molecule has 0 saturated heterocycles. The fourth-order valence-electron chi connectivity index (χ4n) is 2.27. The van der Waals surface area contributed by atoms with Gasteiger partial charge in [-0.3, -0.25) is 4.79 Å². The number of carbonyl (C=O) groups excluding carboxylic acids is 1. The molecule has 0 saturated carbocycles. The third kappa shape index (κ3) is 4.84. The number of aromatic nitrogens is 2. The molecule has 2 aromatic carbocycles. The van der Waals surface area contributed by atoms with Crippen LogP contribution in [0.25, 0.3) is 0 Å². The molecule has 0 atom stereocenters. The molecule has 0 unspecified atom stereocenters. The highest BCUT2D eigenvalue weighted by atomic mass is 32.1. The summed E-state index contributed by atoms with van der Waals surface area (Å²) in [7, 11) is 0. The molecular formula is C18H16FN3O2S. The van der Waals surface area contributed by atoms with Crippen molar-refractivity contribution in [3.63, 3.8) is 0 Å². The Morgan fingerprint density at radius 2 is 1.88 bits per heavy atom. The number of aryl methyl sites for hydroxylation is 2. The molecule has 3 rings (SSSR count). The second-order valence-corrected chi connectivity index (χ2v) is 6.40. The number of benzene rings is 2. The summed E-state index contributed by atoms with van der Waals surface area (Å²) in [5.41, 5.74) is 1.70. The Kier molecular flexibility index (Phi) is 5.35. The van der Waals surface area contributed by atoms with Gasteiger partial charge in [-0.25, -0.2) is 4.39 Å². The molecule has 0 spiro atoms. The number of para-hydroxylation sites is 1. The highest BCUT2D eigenvalue weighted by molar-refractivity contribution is 7.15. The molecule has 1 N–H and O–H groups in total. The van der Waals surface area contributed by atoms with Crippen molar-refractivity contribution in [2.45, 2.75) is 19.8 Å². The average Bonchev–Trinajstić information content (AvgIpc) is 3.03.